The highest BCUT2D eigenvalue weighted by molar-refractivity contribution is 7.90. The second-order valence-electron chi connectivity index (χ2n) is 4.32. The fourth-order valence-electron chi connectivity index (χ4n) is 1.73. The van der Waals surface area contributed by atoms with E-state index in [4.69, 9.17) is 15.2 Å². The number of nitrogens with two attached hydrogens (primary N) is 1. The predicted molar refractivity (Wildman–Crippen MR) is 75.6 cm³/mol. The Morgan fingerprint density at radius 2 is 2.05 bits per heavy atom. The summed E-state index contributed by atoms with van der Waals surface area (Å²) in [5.41, 5.74) is 6.53. The molecule has 0 aliphatic rings. The summed E-state index contributed by atoms with van der Waals surface area (Å²) < 4.78 is 33.0. The first-order valence-electron chi connectivity index (χ1n) is 6.14. The second-order valence-corrected chi connectivity index (χ2v) is 6.58. The molecule has 0 heterocycles. The van der Waals surface area contributed by atoms with Crippen molar-refractivity contribution in [1.82, 2.24) is 0 Å². The third-order valence-corrected chi connectivity index (χ3v) is 3.63. The van der Waals surface area contributed by atoms with Gasteiger partial charge in [0.05, 0.1) is 19.5 Å². The maximum Gasteiger partial charge on any atom is 0.164 e. The van der Waals surface area contributed by atoms with Gasteiger partial charge in [-0.05, 0) is 31.0 Å². The Labute approximate surface area is 114 Å². The molecular formula is C13H21NO4S. The topological polar surface area (TPSA) is 78.6 Å². The third kappa shape index (κ3) is 5.48. The molecule has 0 aliphatic heterocycles. The Morgan fingerprint density at radius 3 is 2.63 bits per heavy atom. The lowest BCUT2D eigenvalue weighted by Crippen LogP contribution is -2.10. The minimum absolute atomic E-state index is 0.119. The molecule has 0 aromatic heterocycles. The normalized spacial score (nSPS) is 11.3. The first kappa shape index (κ1) is 15.8. The maximum absolute atomic E-state index is 11.0. The Hall–Kier alpha value is -1.27. The van der Waals surface area contributed by atoms with Crippen LogP contribution >= 0.6 is 0 Å². The van der Waals surface area contributed by atoms with Crippen molar-refractivity contribution in [3.63, 3.8) is 0 Å². The molecule has 0 radical (unpaired) electrons. The second kappa shape index (κ2) is 7.35. The molecule has 0 aliphatic carbocycles. The van der Waals surface area contributed by atoms with E-state index in [2.05, 4.69) is 0 Å². The van der Waals surface area contributed by atoms with Crippen LogP contribution in [0.3, 0.4) is 0 Å². The largest absolute Gasteiger partial charge is 0.493 e. The molecule has 0 saturated heterocycles. The molecule has 0 atom stereocenters. The molecule has 108 valence electrons. The summed E-state index contributed by atoms with van der Waals surface area (Å²) >= 11 is 0. The lowest BCUT2D eigenvalue weighted by Gasteiger charge is -2.14. The number of hydrogen-bond donors (Lipinski definition) is 1. The number of methoxy groups -OCH3 is 1. The summed E-state index contributed by atoms with van der Waals surface area (Å²) in [5, 5.41) is 0. The molecular weight excluding hydrogens is 266 g/mol. The first-order valence-corrected chi connectivity index (χ1v) is 8.20. The van der Waals surface area contributed by atoms with Gasteiger partial charge in [-0.1, -0.05) is 12.1 Å². The van der Waals surface area contributed by atoms with Crippen molar-refractivity contribution in [2.45, 2.75) is 12.8 Å². The minimum Gasteiger partial charge on any atom is -0.493 e. The van der Waals surface area contributed by atoms with Crippen LogP contribution in [-0.4, -0.2) is 40.7 Å². The van der Waals surface area contributed by atoms with Gasteiger partial charge in [-0.2, -0.15) is 0 Å². The standard InChI is InChI=1S/C13H21NO4S/c1-17-12-6-3-5-11(7-8-14)13(12)18-9-4-10-19(2,15)16/h3,5-6H,4,7-10,14H2,1-2H3. The van der Waals surface area contributed by atoms with Gasteiger partial charge in [0.1, 0.15) is 9.84 Å². The Balaban J connectivity index is 2.69. The molecule has 19 heavy (non-hydrogen) atoms. The summed E-state index contributed by atoms with van der Waals surface area (Å²) in [6, 6.07) is 5.63. The highest BCUT2D eigenvalue weighted by Crippen LogP contribution is 2.31. The van der Waals surface area contributed by atoms with Crippen LogP contribution in [0, 0.1) is 0 Å². The SMILES string of the molecule is COc1cccc(CCN)c1OCCCS(C)(=O)=O. The number of sulfone groups is 1. The van der Waals surface area contributed by atoms with Gasteiger partial charge in [-0.15, -0.1) is 0 Å². The molecule has 1 rings (SSSR count). The van der Waals surface area contributed by atoms with Gasteiger partial charge in [-0.25, -0.2) is 8.42 Å². The van der Waals surface area contributed by atoms with Gasteiger partial charge in [0.25, 0.3) is 0 Å². The first-order chi connectivity index (χ1) is 8.98. The van der Waals surface area contributed by atoms with Crippen molar-refractivity contribution < 1.29 is 17.9 Å². The Kier molecular flexibility index (Phi) is 6.11. The summed E-state index contributed by atoms with van der Waals surface area (Å²) in [7, 11) is -1.37. The average molecular weight is 287 g/mol. The Bertz CT molecular complexity index is 499. The molecule has 5 nitrogen and oxygen atoms in total. The van der Waals surface area contributed by atoms with Gasteiger partial charge >= 0.3 is 0 Å². The van der Waals surface area contributed by atoms with Crippen LogP contribution in [-0.2, 0) is 16.3 Å². The number of benzene rings is 1. The molecule has 1 aromatic carbocycles. The van der Waals surface area contributed by atoms with Crippen molar-refractivity contribution in [1.29, 1.82) is 0 Å². The quantitative estimate of drug-likeness (QED) is 0.722. The van der Waals surface area contributed by atoms with Crippen molar-refractivity contribution in [3.8, 4) is 11.5 Å². The van der Waals surface area contributed by atoms with E-state index in [1.807, 2.05) is 18.2 Å². The molecule has 2 N–H and O–H groups in total. The van der Waals surface area contributed by atoms with E-state index in [0.29, 0.717) is 37.5 Å². The monoisotopic (exact) mass is 287 g/mol. The van der Waals surface area contributed by atoms with Crippen molar-refractivity contribution >= 4 is 9.84 Å². The maximum atomic E-state index is 11.0. The van der Waals surface area contributed by atoms with Crippen molar-refractivity contribution in [3.05, 3.63) is 23.8 Å². The highest BCUT2D eigenvalue weighted by atomic mass is 32.2. The van der Waals surface area contributed by atoms with E-state index in [-0.39, 0.29) is 5.75 Å². The fourth-order valence-corrected chi connectivity index (χ4v) is 2.38. The van der Waals surface area contributed by atoms with E-state index < -0.39 is 9.84 Å². The highest BCUT2D eigenvalue weighted by Gasteiger charge is 2.10. The van der Waals surface area contributed by atoms with E-state index in [0.717, 1.165) is 5.56 Å². The molecule has 0 amide bonds. The molecule has 0 saturated carbocycles. The lowest BCUT2D eigenvalue weighted by atomic mass is 10.1. The zero-order valence-electron chi connectivity index (χ0n) is 11.4. The van der Waals surface area contributed by atoms with Gasteiger partial charge < -0.3 is 15.2 Å². The lowest BCUT2D eigenvalue weighted by molar-refractivity contribution is 0.291. The molecule has 6 heteroatoms. The number of hydrogen-bond acceptors (Lipinski definition) is 5. The van der Waals surface area contributed by atoms with E-state index >= 15 is 0 Å². The van der Waals surface area contributed by atoms with Crippen LogP contribution < -0.4 is 15.2 Å². The summed E-state index contributed by atoms with van der Waals surface area (Å²) in [5.74, 6) is 1.42. The van der Waals surface area contributed by atoms with Crippen LogP contribution in [0.25, 0.3) is 0 Å². The molecule has 0 unspecified atom stereocenters. The summed E-state index contributed by atoms with van der Waals surface area (Å²) in [6.07, 6.45) is 2.37. The third-order valence-electron chi connectivity index (χ3n) is 2.60. The minimum atomic E-state index is -2.95. The van der Waals surface area contributed by atoms with E-state index in [9.17, 15) is 8.42 Å². The fraction of sp³-hybridized carbons (Fsp3) is 0.538. The average Bonchev–Trinajstić information content (AvgIpc) is 2.35. The zero-order chi connectivity index (χ0) is 14.3. The van der Waals surface area contributed by atoms with E-state index in [1.54, 1.807) is 7.11 Å². The van der Waals surface area contributed by atoms with Crippen LogP contribution in [0.2, 0.25) is 0 Å². The number of para-hydroxylation sites is 1. The smallest absolute Gasteiger partial charge is 0.164 e. The van der Waals surface area contributed by atoms with Crippen LogP contribution in [0.15, 0.2) is 18.2 Å². The summed E-state index contributed by atoms with van der Waals surface area (Å²) in [4.78, 5) is 0. The van der Waals surface area contributed by atoms with Crippen molar-refractivity contribution in [2.24, 2.45) is 5.73 Å². The molecule has 0 bridgehead atoms. The van der Waals surface area contributed by atoms with Gasteiger partial charge in [-0.3, -0.25) is 0 Å². The van der Waals surface area contributed by atoms with Crippen LogP contribution in [0.5, 0.6) is 11.5 Å². The van der Waals surface area contributed by atoms with Gasteiger partial charge in [0.2, 0.25) is 0 Å². The molecule has 0 spiro atoms. The van der Waals surface area contributed by atoms with Crippen LogP contribution in [0.4, 0.5) is 0 Å². The van der Waals surface area contributed by atoms with Gasteiger partial charge in [0, 0.05) is 6.26 Å². The number of rotatable bonds is 8. The van der Waals surface area contributed by atoms with Crippen molar-refractivity contribution in [2.75, 3.05) is 32.3 Å². The molecule has 0 fully saturated rings. The Morgan fingerprint density at radius 1 is 1.32 bits per heavy atom. The predicted octanol–water partition coefficient (Wildman–Crippen LogP) is 1.01. The zero-order valence-corrected chi connectivity index (χ0v) is 12.2. The summed E-state index contributed by atoms with van der Waals surface area (Å²) in [6.45, 7) is 0.859. The van der Waals surface area contributed by atoms with Gasteiger partial charge in [0.15, 0.2) is 11.5 Å². The van der Waals surface area contributed by atoms with Crippen LogP contribution in [0.1, 0.15) is 12.0 Å². The number of ether oxygens (including phenoxy) is 2. The molecule has 1 aromatic rings. The van der Waals surface area contributed by atoms with E-state index in [1.165, 1.54) is 6.26 Å².